The van der Waals surface area contributed by atoms with Crippen molar-refractivity contribution in [1.82, 2.24) is 0 Å². The van der Waals surface area contributed by atoms with Gasteiger partial charge in [0.15, 0.2) is 0 Å². The van der Waals surface area contributed by atoms with Gasteiger partial charge >= 0.3 is 0 Å². The molecule has 0 saturated heterocycles. The zero-order valence-electron chi connectivity index (χ0n) is 9.84. The van der Waals surface area contributed by atoms with Crippen LogP contribution in [0.4, 0.5) is 0 Å². The second-order valence-corrected chi connectivity index (χ2v) is 4.99. The van der Waals surface area contributed by atoms with E-state index >= 15 is 0 Å². The number of aliphatic hydroxyl groups excluding tert-OH is 1. The van der Waals surface area contributed by atoms with Crippen molar-refractivity contribution in [2.24, 2.45) is 5.92 Å². The number of hydrogen-bond acceptors (Lipinski definition) is 3. The highest BCUT2D eigenvalue weighted by molar-refractivity contribution is 7.98. The van der Waals surface area contributed by atoms with Crippen LogP contribution in [0.2, 0.25) is 0 Å². The average molecular weight is 235 g/mol. The van der Waals surface area contributed by atoms with Crippen LogP contribution < -0.4 is 0 Å². The summed E-state index contributed by atoms with van der Waals surface area (Å²) >= 11 is 1.67. The lowest BCUT2D eigenvalue weighted by molar-refractivity contribution is 0.113. The molecule has 0 amide bonds. The van der Waals surface area contributed by atoms with Crippen LogP contribution in [-0.4, -0.2) is 17.5 Å². The van der Waals surface area contributed by atoms with Gasteiger partial charge in [0.2, 0.25) is 0 Å². The molecule has 1 rings (SSSR count). The van der Waals surface area contributed by atoms with E-state index in [9.17, 15) is 5.11 Å². The van der Waals surface area contributed by atoms with E-state index in [0.717, 1.165) is 5.56 Å². The quantitative estimate of drug-likeness (QED) is 0.816. The third kappa shape index (κ3) is 3.01. The Balaban J connectivity index is 2.92. The first kappa shape index (κ1) is 13.1. The van der Waals surface area contributed by atoms with Gasteiger partial charge < -0.3 is 5.11 Å². The standard InChI is InChI=1S/C13H17NOS/c1-9(2)13(15)12(8-14)10-4-6-11(16-3)7-5-10/h4-7,9,12-13,15H,1-3H3. The summed E-state index contributed by atoms with van der Waals surface area (Å²) in [6.45, 7) is 3.84. The lowest BCUT2D eigenvalue weighted by Gasteiger charge is -2.20. The van der Waals surface area contributed by atoms with Gasteiger partial charge in [0, 0.05) is 4.90 Å². The Hall–Kier alpha value is -0.980. The van der Waals surface area contributed by atoms with E-state index in [1.54, 1.807) is 11.8 Å². The van der Waals surface area contributed by atoms with Gasteiger partial charge in [-0.2, -0.15) is 5.26 Å². The molecule has 0 spiro atoms. The van der Waals surface area contributed by atoms with Crippen molar-refractivity contribution >= 4 is 11.8 Å². The molecule has 1 aromatic rings. The molecular formula is C13H17NOS. The van der Waals surface area contributed by atoms with E-state index in [1.165, 1.54) is 4.90 Å². The molecule has 0 radical (unpaired) electrons. The lowest BCUT2D eigenvalue weighted by atomic mass is 9.88. The second kappa shape index (κ2) is 5.93. The van der Waals surface area contributed by atoms with Crippen molar-refractivity contribution in [3.8, 4) is 6.07 Å². The summed E-state index contributed by atoms with van der Waals surface area (Å²) in [6, 6.07) is 9.99. The van der Waals surface area contributed by atoms with Gasteiger partial charge in [-0.25, -0.2) is 0 Å². The van der Waals surface area contributed by atoms with E-state index in [4.69, 9.17) is 5.26 Å². The van der Waals surface area contributed by atoms with Crippen molar-refractivity contribution in [2.45, 2.75) is 30.8 Å². The topological polar surface area (TPSA) is 44.0 Å². The van der Waals surface area contributed by atoms with Gasteiger partial charge in [0.05, 0.1) is 18.1 Å². The highest BCUT2D eigenvalue weighted by atomic mass is 32.2. The molecule has 2 unspecified atom stereocenters. The second-order valence-electron chi connectivity index (χ2n) is 4.11. The molecule has 0 heterocycles. The smallest absolute Gasteiger partial charge is 0.0974 e. The SMILES string of the molecule is CSc1ccc(C(C#N)C(O)C(C)C)cc1. The van der Waals surface area contributed by atoms with Gasteiger partial charge in [0.25, 0.3) is 0 Å². The Labute approximate surface area is 101 Å². The first-order valence-electron chi connectivity index (χ1n) is 5.31. The molecule has 0 fully saturated rings. The molecule has 0 bridgehead atoms. The zero-order chi connectivity index (χ0) is 12.1. The normalized spacial score (nSPS) is 14.5. The highest BCUT2D eigenvalue weighted by Gasteiger charge is 2.23. The van der Waals surface area contributed by atoms with Gasteiger partial charge in [-0.05, 0) is 29.9 Å². The van der Waals surface area contributed by atoms with Crippen molar-refractivity contribution in [1.29, 1.82) is 5.26 Å². The Bertz CT molecular complexity index is 367. The number of thioether (sulfide) groups is 1. The van der Waals surface area contributed by atoms with Gasteiger partial charge in [0.1, 0.15) is 0 Å². The minimum atomic E-state index is -0.606. The number of nitriles is 1. The molecule has 1 N–H and O–H groups in total. The first-order chi connectivity index (χ1) is 7.60. The maximum Gasteiger partial charge on any atom is 0.0974 e. The van der Waals surface area contributed by atoms with Crippen LogP contribution in [-0.2, 0) is 0 Å². The number of hydrogen-bond donors (Lipinski definition) is 1. The fourth-order valence-corrected chi connectivity index (χ4v) is 1.95. The summed E-state index contributed by atoms with van der Waals surface area (Å²) in [5.74, 6) is -0.346. The van der Waals surface area contributed by atoms with Crippen LogP contribution in [0.5, 0.6) is 0 Å². The zero-order valence-corrected chi connectivity index (χ0v) is 10.7. The van der Waals surface area contributed by atoms with Crippen molar-refractivity contribution in [2.75, 3.05) is 6.26 Å². The number of benzene rings is 1. The molecule has 0 aliphatic heterocycles. The molecule has 86 valence electrons. The Morgan fingerprint density at radius 3 is 2.19 bits per heavy atom. The Morgan fingerprint density at radius 1 is 1.25 bits per heavy atom. The summed E-state index contributed by atoms with van der Waals surface area (Å²) in [5, 5.41) is 19.0. The molecule has 2 atom stereocenters. The van der Waals surface area contributed by atoms with Gasteiger partial charge in [-0.3, -0.25) is 0 Å². The van der Waals surface area contributed by atoms with Gasteiger partial charge in [-0.1, -0.05) is 26.0 Å². The van der Waals surface area contributed by atoms with Crippen LogP contribution in [0.15, 0.2) is 29.2 Å². The largest absolute Gasteiger partial charge is 0.391 e. The van der Waals surface area contributed by atoms with Crippen LogP contribution in [0.1, 0.15) is 25.3 Å². The van der Waals surface area contributed by atoms with E-state index < -0.39 is 12.0 Å². The first-order valence-corrected chi connectivity index (χ1v) is 6.54. The fraction of sp³-hybridized carbons (Fsp3) is 0.462. The van der Waals surface area contributed by atoms with Crippen molar-refractivity contribution in [3.05, 3.63) is 29.8 Å². The minimum Gasteiger partial charge on any atom is -0.391 e. The Kier molecular flexibility index (Phi) is 4.85. The van der Waals surface area contributed by atoms with Gasteiger partial charge in [-0.15, -0.1) is 11.8 Å². The Morgan fingerprint density at radius 2 is 1.81 bits per heavy atom. The molecule has 1 aromatic carbocycles. The van der Waals surface area contributed by atoms with E-state index in [2.05, 4.69) is 6.07 Å². The van der Waals surface area contributed by atoms with Crippen LogP contribution in [0, 0.1) is 17.2 Å². The molecule has 2 nitrogen and oxygen atoms in total. The number of aliphatic hydroxyl groups is 1. The van der Waals surface area contributed by atoms with Crippen LogP contribution >= 0.6 is 11.8 Å². The number of rotatable bonds is 4. The summed E-state index contributed by atoms with van der Waals surface area (Å²) < 4.78 is 0. The van der Waals surface area contributed by atoms with E-state index in [0.29, 0.717) is 0 Å². The number of nitrogens with zero attached hydrogens (tertiary/aromatic N) is 1. The summed E-state index contributed by atoms with van der Waals surface area (Å²) in [6.07, 6.45) is 1.41. The third-order valence-corrected chi connectivity index (χ3v) is 3.38. The van der Waals surface area contributed by atoms with E-state index in [-0.39, 0.29) is 5.92 Å². The predicted octanol–water partition coefficient (Wildman–Crippen LogP) is 3.03. The monoisotopic (exact) mass is 235 g/mol. The molecule has 0 aliphatic carbocycles. The van der Waals surface area contributed by atoms with Crippen LogP contribution in [0.25, 0.3) is 0 Å². The predicted molar refractivity (Wildman–Crippen MR) is 67.4 cm³/mol. The summed E-state index contributed by atoms with van der Waals surface area (Å²) in [7, 11) is 0. The molecule has 16 heavy (non-hydrogen) atoms. The van der Waals surface area contributed by atoms with E-state index in [1.807, 2.05) is 44.4 Å². The average Bonchev–Trinajstić information content (AvgIpc) is 2.30. The molecule has 0 saturated carbocycles. The fourth-order valence-electron chi connectivity index (χ4n) is 1.54. The maximum atomic E-state index is 9.94. The lowest BCUT2D eigenvalue weighted by Crippen LogP contribution is -2.23. The molecular weight excluding hydrogens is 218 g/mol. The molecule has 3 heteroatoms. The van der Waals surface area contributed by atoms with Crippen molar-refractivity contribution in [3.63, 3.8) is 0 Å². The van der Waals surface area contributed by atoms with Crippen LogP contribution in [0.3, 0.4) is 0 Å². The summed E-state index contributed by atoms with van der Waals surface area (Å²) in [4.78, 5) is 1.17. The molecule has 0 aromatic heterocycles. The summed E-state index contributed by atoms with van der Waals surface area (Å²) in [5.41, 5.74) is 0.890. The molecule has 0 aliphatic rings. The third-order valence-electron chi connectivity index (χ3n) is 2.64. The van der Waals surface area contributed by atoms with Crippen molar-refractivity contribution < 1.29 is 5.11 Å². The minimum absolute atomic E-state index is 0.0878. The maximum absolute atomic E-state index is 9.94. The highest BCUT2D eigenvalue weighted by Crippen LogP contribution is 2.25.